The highest BCUT2D eigenvalue weighted by Crippen LogP contribution is 2.57. The molecule has 3 aromatic rings. The summed E-state index contributed by atoms with van der Waals surface area (Å²) in [4.78, 5) is 30.6. The van der Waals surface area contributed by atoms with Gasteiger partial charge in [0.05, 0.1) is 32.1 Å². The standard InChI is InChI=1S/C29H29ClN2O4/c1-35-24-16-20(17-25(19-24)36-2)18-26(33)31-14-12-29(13-15-31)27(21-8-10-22(30)11-9-21)32(28(29)34)23-6-4-3-5-7-23/h3-11,16-17,19,27H,12-15,18H2,1-2H3. The summed E-state index contributed by atoms with van der Waals surface area (Å²) in [5.74, 6) is 1.47. The van der Waals surface area contributed by atoms with E-state index >= 15 is 0 Å². The molecule has 5 rings (SSSR count). The molecule has 1 atom stereocenters. The van der Waals surface area contributed by atoms with Crippen molar-refractivity contribution >= 4 is 29.1 Å². The molecule has 0 aliphatic carbocycles. The molecule has 2 amide bonds. The van der Waals surface area contributed by atoms with Crippen LogP contribution in [0.2, 0.25) is 5.02 Å². The van der Waals surface area contributed by atoms with Crippen LogP contribution in [0.5, 0.6) is 11.5 Å². The molecule has 2 fully saturated rings. The first-order valence-corrected chi connectivity index (χ1v) is 12.5. The first-order chi connectivity index (χ1) is 17.4. The fourth-order valence-electron chi connectivity index (χ4n) is 5.52. The Morgan fingerprint density at radius 1 is 0.944 bits per heavy atom. The van der Waals surface area contributed by atoms with Crippen molar-refractivity contribution in [3.05, 3.63) is 88.9 Å². The lowest BCUT2D eigenvalue weighted by atomic mass is 9.62. The second-order valence-corrected chi connectivity index (χ2v) is 9.84. The molecule has 0 saturated carbocycles. The number of anilines is 1. The fourth-order valence-corrected chi connectivity index (χ4v) is 5.65. The van der Waals surface area contributed by atoms with Gasteiger partial charge >= 0.3 is 0 Å². The number of hydrogen-bond donors (Lipinski definition) is 0. The number of likely N-dealkylation sites (tertiary alicyclic amines) is 1. The fraction of sp³-hybridized carbons (Fsp3) is 0.310. The normalized spacial score (nSPS) is 18.6. The Hall–Kier alpha value is -3.51. The summed E-state index contributed by atoms with van der Waals surface area (Å²) in [5.41, 5.74) is 2.26. The summed E-state index contributed by atoms with van der Waals surface area (Å²) >= 11 is 6.15. The molecular formula is C29H29ClN2O4. The molecule has 0 bridgehead atoms. The number of carbonyl (C=O) groups is 2. The highest BCUT2D eigenvalue weighted by molar-refractivity contribution is 6.30. The molecule has 6 nitrogen and oxygen atoms in total. The molecule has 2 aliphatic heterocycles. The zero-order valence-electron chi connectivity index (χ0n) is 20.4. The van der Waals surface area contributed by atoms with Gasteiger partial charge < -0.3 is 19.3 Å². The van der Waals surface area contributed by atoms with Gasteiger partial charge in [-0.15, -0.1) is 0 Å². The van der Waals surface area contributed by atoms with Crippen molar-refractivity contribution < 1.29 is 19.1 Å². The topological polar surface area (TPSA) is 59.1 Å². The maximum Gasteiger partial charge on any atom is 0.236 e. The average molecular weight is 505 g/mol. The van der Waals surface area contributed by atoms with E-state index in [-0.39, 0.29) is 24.3 Å². The third-order valence-corrected chi connectivity index (χ3v) is 7.67. The van der Waals surface area contributed by atoms with Gasteiger partial charge in [-0.3, -0.25) is 9.59 Å². The minimum Gasteiger partial charge on any atom is -0.497 e. The summed E-state index contributed by atoms with van der Waals surface area (Å²) in [6, 6.07) is 22.9. The minimum absolute atomic E-state index is 0.0369. The number of methoxy groups -OCH3 is 2. The average Bonchev–Trinajstić information content (AvgIpc) is 2.92. The lowest BCUT2D eigenvalue weighted by molar-refractivity contribution is -0.149. The molecule has 0 radical (unpaired) electrons. The molecule has 3 aromatic carbocycles. The van der Waals surface area contributed by atoms with E-state index in [2.05, 4.69) is 0 Å². The van der Waals surface area contributed by atoms with Crippen molar-refractivity contribution in [1.82, 2.24) is 4.90 Å². The lowest BCUT2D eigenvalue weighted by Crippen LogP contribution is -2.67. The van der Waals surface area contributed by atoms with Gasteiger partial charge in [-0.05, 0) is 60.4 Å². The van der Waals surface area contributed by atoms with Gasteiger partial charge in [0.15, 0.2) is 0 Å². The third kappa shape index (κ3) is 4.30. The van der Waals surface area contributed by atoms with Crippen molar-refractivity contribution in [2.45, 2.75) is 25.3 Å². The summed E-state index contributed by atoms with van der Waals surface area (Å²) in [5, 5.41) is 0.666. The Morgan fingerprint density at radius 3 is 2.14 bits per heavy atom. The zero-order chi connectivity index (χ0) is 25.3. The number of nitrogens with zero attached hydrogens (tertiary/aromatic N) is 2. The van der Waals surface area contributed by atoms with E-state index in [4.69, 9.17) is 21.1 Å². The molecule has 7 heteroatoms. The molecule has 1 unspecified atom stereocenters. The molecule has 2 aliphatic rings. The monoisotopic (exact) mass is 504 g/mol. The molecule has 0 N–H and O–H groups in total. The maximum atomic E-state index is 13.7. The number of para-hydroxylation sites is 1. The Bertz CT molecular complexity index is 1230. The van der Waals surface area contributed by atoms with Crippen molar-refractivity contribution in [2.75, 3.05) is 32.2 Å². The van der Waals surface area contributed by atoms with Gasteiger partial charge in [-0.2, -0.15) is 0 Å². The molecule has 186 valence electrons. The van der Waals surface area contributed by atoms with E-state index in [1.54, 1.807) is 20.3 Å². The number of rotatable bonds is 6. The Kier molecular flexibility index (Phi) is 6.63. The predicted molar refractivity (Wildman–Crippen MR) is 140 cm³/mol. The third-order valence-electron chi connectivity index (χ3n) is 7.42. The number of amides is 2. The quantitative estimate of drug-likeness (QED) is 0.428. The van der Waals surface area contributed by atoms with Crippen LogP contribution in [-0.4, -0.2) is 44.0 Å². The predicted octanol–water partition coefficient (Wildman–Crippen LogP) is 5.30. The van der Waals surface area contributed by atoms with Gasteiger partial charge in [0.2, 0.25) is 11.8 Å². The molecule has 2 saturated heterocycles. The minimum atomic E-state index is -0.528. The van der Waals surface area contributed by atoms with Gasteiger partial charge in [-0.1, -0.05) is 41.9 Å². The van der Waals surface area contributed by atoms with Crippen LogP contribution in [0.4, 0.5) is 5.69 Å². The highest BCUT2D eigenvalue weighted by Gasteiger charge is 2.62. The van der Waals surface area contributed by atoms with Crippen LogP contribution in [0, 0.1) is 5.41 Å². The van der Waals surface area contributed by atoms with Crippen molar-refractivity contribution in [3.8, 4) is 11.5 Å². The van der Waals surface area contributed by atoms with Crippen molar-refractivity contribution in [3.63, 3.8) is 0 Å². The number of benzene rings is 3. The number of β-lactam (4-membered cyclic amide) rings is 1. The van der Waals surface area contributed by atoms with Crippen molar-refractivity contribution in [2.24, 2.45) is 5.41 Å². The highest BCUT2D eigenvalue weighted by atomic mass is 35.5. The molecule has 36 heavy (non-hydrogen) atoms. The first-order valence-electron chi connectivity index (χ1n) is 12.1. The number of piperidine rings is 1. The Labute approximate surface area is 216 Å². The van der Waals surface area contributed by atoms with Gasteiger partial charge in [-0.25, -0.2) is 0 Å². The number of hydrogen-bond acceptors (Lipinski definition) is 4. The van der Waals surface area contributed by atoms with Crippen LogP contribution >= 0.6 is 11.6 Å². The van der Waals surface area contributed by atoms with Gasteiger partial charge in [0, 0.05) is 29.9 Å². The summed E-state index contributed by atoms with van der Waals surface area (Å²) in [7, 11) is 3.19. The number of ether oxygens (including phenoxy) is 2. The van der Waals surface area contributed by atoms with E-state index in [1.807, 2.05) is 76.5 Å². The van der Waals surface area contributed by atoms with Gasteiger partial charge in [0.25, 0.3) is 0 Å². The second kappa shape index (κ2) is 9.86. The maximum absolute atomic E-state index is 13.7. The number of carbonyl (C=O) groups excluding carboxylic acids is 2. The van der Waals surface area contributed by atoms with Gasteiger partial charge in [0.1, 0.15) is 11.5 Å². The summed E-state index contributed by atoms with van der Waals surface area (Å²) < 4.78 is 10.7. The first kappa shape index (κ1) is 24.2. The van der Waals surface area contributed by atoms with Crippen LogP contribution in [0.15, 0.2) is 72.8 Å². The summed E-state index contributed by atoms with van der Waals surface area (Å²) in [6.07, 6.45) is 1.50. The van der Waals surface area contributed by atoms with E-state index in [1.165, 1.54) is 0 Å². The number of halogens is 1. The van der Waals surface area contributed by atoms with Crippen LogP contribution in [-0.2, 0) is 16.0 Å². The molecule has 0 aromatic heterocycles. The second-order valence-electron chi connectivity index (χ2n) is 9.40. The van der Waals surface area contributed by atoms with Crippen LogP contribution < -0.4 is 14.4 Å². The largest absolute Gasteiger partial charge is 0.497 e. The lowest BCUT2D eigenvalue weighted by Gasteiger charge is -2.59. The van der Waals surface area contributed by atoms with Crippen LogP contribution in [0.1, 0.15) is 30.0 Å². The van der Waals surface area contributed by atoms with E-state index in [0.29, 0.717) is 42.5 Å². The zero-order valence-corrected chi connectivity index (χ0v) is 21.2. The van der Waals surface area contributed by atoms with E-state index < -0.39 is 5.41 Å². The Morgan fingerprint density at radius 2 is 1.56 bits per heavy atom. The van der Waals surface area contributed by atoms with Crippen molar-refractivity contribution in [1.29, 1.82) is 0 Å². The summed E-state index contributed by atoms with van der Waals surface area (Å²) in [6.45, 7) is 1.08. The van der Waals surface area contributed by atoms with Crippen LogP contribution in [0.3, 0.4) is 0 Å². The SMILES string of the molecule is COc1cc(CC(=O)N2CCC3(CC2)C(=O)N(c2ccccc2)C3c2ccc(Cl)cc2)cc(OC)c1. The van der Waals surface area contributed by atoms with E-state index in [9.17, 15) is 9.59 Å². The molecule has 1 spiro atoms. The Balaban J connectivity index is 1.34. The van der Waals surface area contributed by atoms with Crippen LogP contribution in [0.25, 0.3) is 0 Å². The molecular weight excluding hydrogens is 476 g/mol. The molecule has 2 heterocycles. The smallest absolute Gasteiger partial charge is 0.236 e. The van der Waals surface area contributed by atoms with E-state index in [0.717, 1.165) is 16.8 Å².